The Bertz CT molecular complexity index is 1170. The van der Waals surface area contributed by atoms with Crippen LogP contribution in [0, 0.1) is 0 Å². The third-order valence-electron chi connectivity index (χ3n) is 3.74. The first-order chi connectivity index (χ1) is 14.4. The van der Waals surface area contributed by atoms with Crippen LogP contribution in [0.3, 0.4) is 0 Å². The minimum Gasteiger partial charge on any atom is -0.459 e. The molecule has 0 fully saturated rings. The van der Waals surface area contributed by atoms with Crippen molar-refractivity contribution >= 4 is 11.7 Å². The first kappa shape index (κ1) is 19.2. The van der Waals surface area contributed by atoms with E-state index in [2.05, 4.69) is 25.2 Å². The van der Waals surface area contributed by atoms with Crippen LogP contribution >= 0.6 is 0 Å². The average Bonchev–Trinajstić information content (AvgIpc) is 3.39. The molecule has 30 heavy (non-hydrogen) atoms. The molecule has 3 heterocycles. The lowest BCUT2D eigenvalue weighted by molar-refractivity contribution is -0.274. The molecule has 8 nitrogen and oxygen atoms in total. The number of benzene rings is 1. The Kier molecular flexibility index (Phi) is 4.92. The SMILES string of the molecule is O=C(Nc1cc(-c2nnc(-c3ccco3)o2)ccn1)c1cccc(OC(F)(F)F)c1. The number of amides is 1. The van der Waals surface area contributed by atoms with Gasteiger partial charge < -0.3 is 18.9 Å². The van der Waals surface area contributed by atoms with Crippen molar-refractivity contribution in [3.05, 3.63) is 66.6 Å². The fourth-order valence-corrected chi connectivity index (χ4v) is 2.49. The van der Waals surface area contributed by atoms with Crippen molar-refractivity contribution in [3.63, 3.8) is 0 Å². The van der Waals surface area contributed by atoms with E-state index in [0.717, 1.165) is 12.1 Å². The molecule has 4 aromatic rings. The summed E-state index contributed by atoms with van der Waals surface area (Å²) in [7, 11) is 0. The van der Waals surface area contributed by atoms with E-state index in [1.54, 1.807) is 18.2 Å². The van der Waals surface area contributed by atoms with Crippen molar-refractivity contribution in [2.24, 2.45) is 0 Å². The van der Waals surface area contributed by atoms with Gasteiger partial charge in [-0.1, -0.05) is 6.07 Å². The van der Waals surface area contributed by atoms with Crippen molar-refractivity contribution in [2.75, 3.05) is 5.32 Å². The molecule has 1 amide bonds. The number of anilines is 1. The topological polar surface area (TPSA) is 103 Å². The number of hydrogen-bond donors (Lipinski definition) is 1. The average molecular weight is 416 g/mol. The predicted molar refractivity (Wildman–Crippen MR) is 96.3 cm³/mol. The van der Waals surface area contributed by atoms with Gasteiger partial charge in [-0.25, -0.2) is 4.98 Å². The molecule has 4 rings (SSSR count). The number of furan rings is 1. The first-order valence-electron chi connectivity index (χ1n) is 8.38. The quantitative estimate of drug-likeness (QED) is 0.509. The summed E-state index contributed by atoms with van der Waals surface area (Å²) in [6, 6.07) is 11.1. The first-order valence-corrected chi connectivity index (χ1v) is 8.38. The molecule has 0 saturated carbocycles. The Balaban J connectivity index is 1.51. The molecule has 152 valence electrons. The van der Waals surface area contributed by atoms with E-state index < -0.39 is 18.0 Å². The van der Waals surface area contributed by atoms with Crippen molar-refractivity contribution < 1.29 is 31.5 Å². The maximum absolute atomic E-state index is 12.4. The Hall–Kier alpha value is -4.15. The van der Waals surface area contributed by atoms with E-state index >= 15 is 0 Å². The maximum atomic E-state index is 12.4. The van der Waals surface area contributed by atoms with Crippen LogP contribution in [-0.2, 0) is 0 Å². The normalized spacial score (nSPS) is 11.3. The molecule has 11 heteroatoms. The fraction of sp³-hybridized carbons (Fsp3) is 0.0526. The van der Waals surface area contributed by atoms with Gasteiger partial charge in [0.2, 0.25) is 5.89 Å². The van der Waals surface area contributed by atoms with Crippen LogP contribution in [0.2, 0.25) is 0 Å². The van der Waals surface area contributed by atoms with Crippen LogP contribution in [0.4, 0.5) is 19.0 Å². The maximum Gasteiger partial charge on any atom is 0.573 e. The summed E-state index contributed by atoms with van der Waals surface area (Å²) in [6.07, 6.45) is -1.98. The van der Waals surface area contributed by atoms with E-state index in [1.807, 2.05) is 0 Å². The minimum absolute atomic E-state index is 0.0400. The number of rotatable bonds is 5. The minimum atomic E-state index is -4.86. The monoisotopic (exact) mass is 416 g/mol. The fourth-order valence-electron chi connectivity index (χ4n) is 2.49. The summed E-state index contributed by atoms with van der Waals surface area (Å²) in [5.41, 5.74) is 0.432. The Labute approximate surface area is 166 Å². The van der Waals surface area contributed by atoms with E-state index in [-0.39, 0.29) is 23.2 Å². The number of hydrogen-bond acceptors (Lipinski definition) is 7. The summed E-state index contributed by atoms with van der Waals surface area (Å²) in [5, 5.41) is 10.3. The molecular weight excluding hydrogens is 405 g/mol. The molecule has 1 N–H and O–H groups in total. The Morgan fingerprint density at radius 1 is 1.03 bits per heavy atom. The van der Waals surface area contributed by atoms with Gasteiger partial charge in [-0.05, 0) is 42.5 Å². The molecule has 0 saturated heterocycles. The molecule has 0 aliphatic heterocycles. The van der Waals surface area contributed by atoms with Crippen LogP contribution in [0.25, 0.3) is 23.1 Å². The van der Waals surface area contributed by atoms with Crippen LogP contribution in [0.1, 0.15) is 10.4 Å². The van der Waals surface area contributed by atoms with E-state index in [0.29, 0.717) is 11.3 Å². The number of carbonyl (C=O) groups excluding carboxylic acids is 1. The van der Waals surface area contributed by atoms with E-state index in [9.17, 15) is 18.0 Å². The molecule has 1 aromatic carbocycles. The molecular formula is C19H11F3N4O4. The number of alkyl halides is 3. The van der Waals surface area contributed by atoms with Gasteiger partial charge in [0, 0.05) is 17.3 Å². The second-order valence-electron chi connectivity index (χ2n) is 5.85. The number of nitrogens with one attached hydrogen (secondary N) is 1. The molecule has 0 aliphatic carbocycles. The number of nitrogens with zero attached hydrogens (tertiary/aromatic N) is 3. The third-order valence-corrected chi connectivity index (χ3v) is 3.74. The molecule has 0 radical (unpaired) electrons. The highest BCUT2D eigenvalue weighted by Crippen LogP contribution is 2.26. The van der Waals surface area contributed by atoms with Gasteiger partial charge in [0.15, 0.2) is 5.76 Å². The smallest absolute Gasteiger partial charge is 0.459 e. The summed E-state index contributed by atoms with van der Waals surface area (Å²) < 4.78 is 51.6. The number of aromatic nitrogens is 3. The molecule has 0 atom stereocenters. The summed E-state index contributed by atoms with van der Waals surface area (Å²) in [4.78, 5) is 16.4. The lowest BCUT2D eigenvalue weighted by Crippen LogP contribution is -2.18. The molecule has 0 unspecified atom stereocenters. The lowest BCUT2D eigenvalue weighted by Gasteiger charge is -2.10. The van der Waals surface area contributed by atoms with Crippen LogP contribution < -0.4 is 10.1 Å². The summed E-state index contributed by atoms with van der Waals surface area (Å²) >= 11 is 0. The third kappa shape index (κ3) is 4.46. The second kappa shape index (κ2) is 7.70. The van der Waals surface area contributed by atoms with Gasteiger partial charge >= 0.3 is 6.36 Å². The molecule has 0 aliphatic rings. The summed E-state index contributed by atoms with van der Waals surface area (Å²) in [6.45, 7) is 0. The second-order valence-corrected chi connectivity index (χ2v) is 5.85. The van der Waals surface area contributed by atoms with Crippen molar-refractivity contribution in [1.82, 2.24) is 15.2 Å². The molecule has 3 aromatic heterocycles. The zero-order valence-corrected chi connectivity index (χ0v) is 14.9. The number of ether oxygens (including phenoxy) is 1. The van der Waals surface area contributed by atoms with Crippen LogP contribution in [-0.4, -0.2) is 27.5 Å². The molecule has 0 bridgehead atoms. The van der Waals surface area contributed by atoms with Gasteiger partial charge in [-0.2, -0.15) is 0 Å². The van der Waals surface area contributed by atoms with E-state index in [4.69, 9.17) is 8.83 Å². The zero-order chi connectivity index (χ0) is 21.1. The highest BCUT2D eigenvalue weighted by Gasteiger charge is 2.31. The van der Waals surface area contributed by atoms with Crippen molar-refractivity contribution in [1.29, 1.82) is 0 Å². The summed E-state index contributed by atoms with van der Waals surface area (Å²) in [5.74, 6) is -0.296. The Morgan fingerprint density at radius 3 is 2.63 bits per heavy atom. The number of halogens is 3. The van der Waals surface area contributed by atoms with Gasteiger partial charge in [0.1, 0.15) is 11.6 Å². The van der Waals surface area contributed by atoms with Crippen molar-refractivity contribution in [3.8, 4) is 28.9 Å². The Morgan fingerprint density at radius 2 is 1.87 bits per heavy atom. The van der Waals surface area contributed by atoms with Gasteiger partial charge in [0.25, 0.3) is 11.8 Å². The van der Waals surface area contributed by atoms with Crippen molar-refractivity contribution in [2.45, 2.75) is 6.36 Å². The van der Waals surface area contributed by atoms with Gasteiger partial charge in [0.05, 0.1) is 6.26 Å². The number of pyridine rings is 1. The highest BCUT2D eigenvalue weighted by molar-refractivity contribution is 6.04. The lowest BCUT2D eigenvalue weighted by atomic mass is 10.2. The predicted octanol–water partition coefficient (Wildman–Crippen LogP) is 4.54. The van der Waals surface area contributed by atoms with E-state index in [1.165, 1.54) is 30.7 Å². The molecule has 0 spiro atoms. The standard InChI is InChI=1S/C19H11F3N4O4/c20-19(21,22)30-13-4-1-3-11(9-13)16(27)24-15-10-12(6-7-23-15)17-25-26-18(29-17)14-5-2-8-28-14/h1-10H,(H,23,24,27). The zero-order valence-electron chi connectivity index (χ0n) is 14.9. The number of carbonyl (C=O) groups is 1. The largest absolute Gasteiger partial charge is 0.573 e. The van der Waals surface area contributed by atoms with Gasteiger partial charge in [-0.15, -0.1) is 23.4 Å². The highest BCUT2D eigenvalue weighted by atomic mass is 19.4. The van der Waals surface area contributed by atoms with Crippen LogP contribution in [0.5, 0.6) is 5.75 Å². The van der Waals surface area contributed by atoms with Crippen LogP contribution in [0.15, 0.2) is 69.8 Å². The van der Waals surface area contributed by atoms with Gasteiger partial charge in [-0.3, -0.25) is 4.79 Å².